The minimum atomic E-state index is -0.320. The molecule has 4 rings (SSSR count). The Morgan fingerprint density at radius 3 is 2.74 bits per heavy atom. The number of fused-ring (bicyclic) bond motifs is 2. The van der Waals surface area contributed by atoms with E-state index in [2.05, 4.69) is 43.2 Å². The quantitative estimate of drug-likeness (QED) is 0.284. The van der Waals surface area contributed by atoms with E-state index in [0.717, 1.165) is 17.3 Å². The summed E-state index contributed by atoms with van der Waals surface area (Å²) >= 11 is 3.38. The molecule has 2 aromatic carbocycles. The Labute approximate surface area is 186 Å². The molecule has 31 heavy (non-hydrogen) atoms. The van der Waals surface area contributed by atoms with Crippen LogP contribution in [-0.4, -0.2) is 38.4 Å². The highest BCUT2D eigenvalue weighted by Gasteiger charge is 2.23. The maximum absolute atomic E-state index is 12.9. The predicted molar refractivity (Wildman–Crippen MR) is 125 cm³/mol. The standard InChI is InChI=1S/C22H21BrN6O2/c1-2-3-10-25-22(31)18-19-21(28-16-7-5-4-6-15(16)27-19)29(20(18)24)26-12-13-11-14(23)8-9-17(13)30/h4-9,11-12,30H,2-3,10,24H2,1H3,(H,25,31)/b26-12-. The number of rotatable bonds is 6. The van der Waals surface area contributed by atoms with Gasteiger partial charge in [0.05, 0.1) is 17.2 Å². The predicted octanol–water partition coefficient (Wildman–Crippen LogP) is 4.05. The monoisotopic (exact) mass is 480 g/mol. The fraction of sp³-hybridized carbons (Fsp3) is 0.182. The number of aromatic hydroxyl groups is 1. The summed E-state index contributed by atoms with van der Waals surface area (Å²) in [5.41, 5.74) is 9.13. The molecule has 0 aliphatic heterocycles. The molecule has 0 fully saturated rings. The third-order valence-corrected chi connectivity index (χ3v) is 5.31. The van der Waals surface area contributed by atoms with Crippen LogP contribution in [0.5, 0.6) is 5.75 Å². The smallest absolute Gasteiger partial charge is 0.257 e. The number of hydrogen-bond acceptors (Lipinski definition) is 6. The zero-order valence-electron chi connectivity index (χ0n) is 16.8. The number of phenolic OH excluding ortho intramolecular Hbond substituents is 1. The Balaban J connectivity index is 1.88. The second kappa shape index (κ2) is 8.73. The van der Waals surface area contributed by atoms with E-state index >= 15 is 0 Å². The number of hydrogen-bond donors (Lipinski definition) is 3. The third-order valence-electron chi connectivity index (χ3n) is 4.82. The molecule has 0 aliphatic carbocycles. The highest BCUT2D eigenvalue weighted by Crippen LogP contribution is 2.28. The van der Waals surface area contributed by atoms with E-state index in [1.54, 1.807) is 18.2 Å². The van der Waals surface area contributed by atoms with E-state index in [1.807, 2.05) is 24.3 Å². The normalized spacial score (nSPS) is 11.5. The first kappa shape index (κ1) is 20.8. The van der Waals surface area contributed by atoms with Gasteiger partial charge < -0.3 is 16.2 Å². The number of nitrogens with zero attached hydrogens (tertiary/aromatic N) is 4. The first-order chi connectivity index (χ1) is 15.0. The van der Waals surface area contributed by atoms with Crippen LogP contribution < -0.4 is 11.1 Å². The summed E-state index contributed by atoms with van der Waals surface area (Å²) in [6.45, 7) is 2.59. The molecule has 0 radical (unpaired) electrons. The summed E-state index contributed by atoms with van der Waals surface area (Å²) in [6, 6.07) is 12.4. The second-order valence-corrected chi connectivity index (χ2v) is 7.93. The van der Waals surface area contributed by atoms with Gasteiger partial charge in [-0.05, 0) is 36.8 Å². The molecule has 0 unspecified atom stereocenters. The van der Waals surface area contributed by atoms with Crippen LogP contribution >= 0.6 is 15.9 Å². The van der Waals surface area contributed by atoms with Crippen LogP contribution in [0.15, 0.2) is 52.0 Å². The molecule has 158 valence electrons. The lowest BCUT2D eigenvalue weighted by Crippen LogP contribution is -2.25. The molecule has 0 saturated heterocycles. The lowest BCUT2D eigenvalue weighted by Gasteiger charge is -2.04. The average Bonchev–Trinajstić information content (AvgIpc) is 3.03. The maximum atomic E-state index is 12.9. The van der Waals surface area contributed by atoms with Crippen molar-refractivity contribution in [3.8, 4) is 5.75 Å². The third kappa shape index (κ3) is 4.09. The number of amides is 1. The molecule has 0 atom stereocenters. The van der Waals surface area contributed by atoms with Gasteiger partial charge in [-0.2, -0.15) is 9.78 Å². The van der Waals surface area contributed by atoms with Crippen LogP contribution in [0.3, 0.4) is 0 Å². The topological polar surface area (TPSA) is 118 Å². The zero-order chi connectivity index (χ0) is 22.0. The highest BCUT2D eigenvalue weighted by atomic mass is 79.9. The Kier molecular flexibility index (Phi) is 5.85. The lowest BCUT2D eigenvalue weighted by molar-refractivity contribution is 0.0955. The lowest BCUT2D eigenvalue weighted by atomic mass is 10.2. The molecular weight excluding hydrogens is 460 g/mol. The molecule has 2 aromatic heterocycles. The number of benzene rings is 2. The number of unbranched alkanes of at least 4 members (excludes halogenated alkanes) is 1. The minimum absolute atomic E-state index is 0.0658. The van der Waals surface area contributed by atoms with Crippen molar-refractivity contribution in [1.29, 1.82) is 0 Å². The second-order valence-electron chi connectivity index (χ2n) is 7.01. The molecule has 1 amide bonds. The molecule has 9 heteroatoms. The van der Waals surface area contributed by atoms with E-state index in [-0.39, 0.29) is 23.0 Å². The molecule has 4 aromatic rings. The average molecular weight is 481 g/mol. The Bertz CT molecular complexity index is 1310. The molecule has 0 bridgehead atoms. The van der Waals surface area contributed by atoms with Crippen molar-refractivity contribution in [1.82, 2.24) is 20.0 Å². The van der Waals surface area contributed by atoms with Gasteiger partial charge in [0.2, 0.25) is 0 Å². The summed E-state index contributed by atoms with van der Waals surface area (Å²) < 4.78 is 2.17. The number of anilines is 1. The maximum Gasteiger partial charge on any atom is 0.257 e. The van der Waals surface area contributed by atoms with Gasteiger partial charge in [-0.3, -0.25) is 4.79 Å². The van der Waals surface area contributed by atoms with Crippen LogP contribution in [0, 0.1) is 0 Å². The minimum Gasteiger partial charge on any atom is -0.507 e. The zero-order valence-corrected chi connectivity index (χ0v) is 18.4. The summed E-state index contributed by atoms with van der Waals surface area (Å²) in [7, 11) is 0. The number of halogens is 1. The summed E-state index contributed by atoms with van der Waals surface area (Å²) in [4.78, 5) is 22.2. The molecule has 4 N–H and O–H groups in total. The largest absolute Gasteiger partial charge is 0.507 e. The van der Waals surface area contributed by atoms with Crippen LogP contribution in [0.1, 0.15) is 35.7 Å². The Morgan fingerprint density at radius 2 is 2.00 bits per heavy atom. The van der Waals surface area contributed by atoms with Crippen molar-refractivity contribution < 1.29 is 9.90 Å². The van der Waals surface area contributed by atoms with Gasteiger partial charge in [0.15, 0.2) is 5.65 Å². The Morgan fingerprint density at radius 1 is 1.26 bits per heavy atom. The number of phenols is 1. The number of aromatic nitrogens is 3. The number of nitrogen functional groups attached to an aromatic ring is 1. The number of nitrogens with one attached hydrogen (secondary N) is 1. The molecular formula is C22H21BrN6O2. The summed E-state index contributed by atoms with van der Waals surface area (Å²) in [6.07, 6.45) is 3.28. The molecule has 0 saturated carbocycles. The van der Waals surface area contributed by atoms with Crippen molar-refractivity contribution in [3.05, 3.63) is 58.1 Å². The molecule has 2 heterocycles. The van der Waals surface area contributed by atoms with Crippen LogP contribution in [0.2, 0.25) is 0 Å². The van der Waals surface area contributed by atoms with Crippen molar-refractivity contribution >= 4 is 56.1 Å². The molecule has 0 spiro atoms. The van der Waals surface area contributed by atoms with Gasteiger partial charge in [0.25, 0.3) is 5.91 Å². The van der Waals surface area contributed by atoms with Crippen molar-refractivity contribution in [2.45, 2.75) is 19.8 Å². The Hall–Kier alpha value is -3.46. The van der Waals surface area contributed by atoms with Gasteiger partial charge in [0, 0.05) is 16.6 Å². The van der Waals surface area contributed by atoms with E-state index < -0.39 is 0 Å². The number of carbonyl (C=O) groups is 1. The first-order valence-electron chi connectivity index (χ1n) is 9.87. The fourth-order valence-electron chi connectivity index (χ4n) is 3.20. The number of carbonyl (C=O) groups excluding carboxylic acids is 1. The van der Waals surface area contributed by atoms with Crippen molar-refractivity contribution in [2.24, 2.45) is 5.10 Å². The summed E-state index contributed by atoms with van der Waals surface area (Å²) in [5, 5.41) is 17.4. The van der Waals surface area contributed by atoms with Crippen LogP contribution in [0.25, 0.3) is 22.2 Å². The van der Waals surface area contributed by atoms with Gasteiger partial charge in [-0.1, -0.05) is 41.4 Å². The van der Waals surface area contributed by atoms with Crippen molar-refractivity contribution in [3.63, 3.8) is 0 Å². The van der Waals surface area contributed by atoms with Gasteiger partial charge in [-0.25, -0.2) is 9.97 Å². The van der Waals surface area contributed by atoms with E-state index in [9.17, 15) is 9.90 Å². The van der Waals surface area contributed by atoms with Gasteiger partial charge in [0.1, 0.15) is 22.6 Å². The van der Waals surface area contributed by atoms with Crippen molar-refractivity contribution in [2.75, 3.05) is 12.3 Å². The van der Waals surface area contributed by atoms with Crippen LogP contribution in [0.4, 0.5) is 5.82 Å². The number of para-hydroxylation sites is 2. The number of nitrogens with two attached hydrogens (primary N) is 1. The highest BCUT2D eigenvalue weighted by molar-refractivity contribution is 9.10. The molecule has 0 aliphatic rings. The van der Waals surface area contributed by atoms with Crippen LogP contribution in [-0.2, 0) is 0 Å². The SMILES string of the molecule is CCCCNC(=O)c1c(N)n(/N=C\c2cc(Br)ccc2O)c2nc3ccccc3nc12. The molecule has 8 nitrogen and oxygen atoms in total. The summed E-state index contributed by atoms with van der Waals surface area (Å²) in [5.74, 6) is -0.124. The fourth-order valence-corrected chi connectivity index (χ4v) is 3.58. The van der Waals surface area contributed by atoms with E-state index in [1.165, 1.54) is 10.9 Å². The van der Waals surface area contributed by atoms with Gasteiger partial charge in [-0.15, -0.1) is 0 Å². The van der Waals surface area contributed by atoms with E-state index in [4.69, 9.17) is 5.73 Å². The van der Waals surface area contributed by atoms with Gasteiger partial charge >= 0.3 is 0 Å². The van der Waals surface area contributed by atoms with E-state index in [0.29, 0.717) is 34.3 Å². The first-order valence-corrected chi connectivity index (χ1v) is 10.7.